The van der Waals surface area contributed by atoms with E-state index >= 15 is 0 Å². The van der Waals surface area contributed by atoms with Crippen LogP contribution in [0.3, 0.4) is 0 Å². The van der Waals surface area contributed by atoms with Crippen LogP contribution in [0.1, 0.15) is 5.56 Å². The first-order valence-corrected chi connectivity index (χ1v) is 3.66. The van der Waals surface area contributed by atoms with E-state index in [2.05, 4.69) is 9.72 Å². The van der Waals surface area contributed by atoms with Crippen LogP contribution >= 0.6 is 0 Å². The maximum Gasteiger partial charge on any atom is 0.461 e. The van der Waals surface area contributed by atoms with Crippen LogP contribution in [0.5, 0.6) is 5.75 Å². The molecule has 0 aliphatic rings. The van der Waals surface area contributed by atoms with E-state index in [0.29, 0.717) is 0 Å². The Labute approximate surface area is 81.9 Å². The van der Waals surface area contributed by atoms with E-state index in [1.165, 1.54) is 6.07 Å². The van der Waals surface area contributed by atoms with Crippen molar-refractivity contribution in [3.63, 3.8) is 0 Å². The molecule has 0 aromatic carbocycles. The molecule has 0 radical (unpaired) electrons. The summed E-state index contributed by atoms with van der Waals surface area (Å²) in [6.45, 7) is 0. The van der Waals surface area contributed by atoms with Gasteiger partial charge in [0.25, 0.3) is 0 Å². The first-order valence-electron chi connectivity index (χ1n) is 3.66. The highest BCUT2D eigenvalue weighted by Gasteiger charge is 2.44. The van der Waals surface area contributed by atoms with E-state index in [-0.39, 0.29) is 5.56 Å². The van der Waals surface area contributed by atoms with Crippen molar-refractivity contribution in [2.24, 2.45) is 0 Å². The van der Waals surface area contributed by atoms with E-state index < -0.39 is 18.3 Å². The lowest BCUT2D eigenvalue weighted by atomic mass is 10.3. The molecule has 0 saturated heterocycles. The zero-order valence-corrected chi connectivity index (χ0v) is 7.12. The number of hydrogen-bond donors (Lipinski definition) is 0. The minimum absolute atomic E-state index is 0.335. The number of alkyl halides is 4. The Morgan fingerprint density at radius 2 is 2.13 bits per heavy atom. The summed E-state index contributed by atoms with van der Waals surface area (Å²) >= 11 is 0. The van der Waals surface area contributed by atoms with E-state index in [0.717, 1.165) is 18.5 Å². The highest BCUT2D eigenvalue weighted by Crippen LogP contribution is 2.28. The molecule has 7 heteroatoms. The third-order valence-corrected chi connectivity index (χ3v) is 1.40. The molecule has 15 heavy (non-hydrogen) atoms. The summed E-state index contributed by atoms with van der Waals surface area (Å²) in [5.41, 5.74) is -0.335. The van der Waals surface area contributed by atoms with Crippen LogP contribution in [-0.4, -0.2) is 17.5 Å². The molecule has 0 unspecified atom stereocenters. The van der Waals surface area contributed by atoms with E-state index in [1.54, 1.807) is 0 Å². The summed E-state index contributed by atoms with van der Waals surface area (Å²) in [5, 5.41) is 8.45. The normalized spacial score (nSPS) is 11.2. The van der Waals surface area contributed by atoms with Gasteiger partial charge in [0, 0.05) is 18.5 Å². The molecule has 1 rings (SSSR count). The fourth-order valence-corrected chi connectivity index (χ4v) is 0.746. The molecule has 0 amide bonds. The number of ether oxygens (including phenoxy) is 1. The fourth-order valence-electron chi connectivity index (χ4n) is 0.746. The predicted molar refractivity (Wildman–Crippen MR) is 40.5 cm³/mol. The molecule has 1 aromatic heterocycles. The molecule has 0 aliphatic heterocycles. The van der Waals surface area contributed by atoms with Crippen LogP contribution in [0.4, 0.5) is 17.6 Å². The second-order valence-corrected chi connectivity index (χ2v) is 2.45. The zero-order valence-electron chi connectivity index (χ0n) is 7.12. The van der Waals surface area contributed by atoms with Crippen molar-refractivity contribution in [3.8, 4) is 11.8 Å². The first kappa shape index (κ1) is 11.2. The first-order chi connectivity index (χ1) is 6.97. The smallest absolute Gasteiger partial charge is 0.427 e. The second-order valence-electron chi connectivity index (χ2n) is 2.45. The highest BCUT2D eigenvalue weighted by atomic mass is 19.3. The highest BCUT2D eigenvalue weighted by molar-refractivity contribution is 5.40. The Morgan fingerprint density at radius 1 is 1.47 bits per heavy atom. The van der Waals surface area contributed by atoms with E-state index in [9.17, 15) is 17.6 Å². The standard InChI is InChI=1S/C8H4F4N2O/c9-7(10)8(11,12)15-6-1-2-14-4-5(6)3-13/h1-2,4,7H. The van der Waals surface area contributed by atoms with Crippen molar-refractivity contribution in [2.45, 2.75) is 12.5 Å². The number of halogens is 4. The summed E-state index contributed by atoms with van der Waals surface area (Å²) in [7, 11) is 0. The van der Waals surface area contributed by atoms with E-state index in [4.69, 9.17) is 5.26 Å². The van der Waals surface area contributed by atoms with Crippen molar-refractivity contribution in [2.75, 3.05) is 0 Å². The average Bonchev–Trinajstić information content (AvgIpc) is 2.18. The van der Waals surface area contributed by atoms with Gasteiger partial charge in [0.05, 0.1) is 0 Å². The molecule has 0 saturated carbocycles. The van der Waals surface area contributed by atoms with Crippen LogP contribution in [0, 0.1) is 11.3 Å². The van der Waals surface area contributed by atoms with Gasteiger partial charge in [-0.1, -0.05) is 0 Å². The fraction of sp³-hybridized carbons (Fsp3) is 0.250. The number of rotatable bonds is 3. The largest absolute Gasteiger partial charge is 0.461 e. The van der Waals surface area contributed by atoms with Crippen molar-refractivity contribution in [1.82, 2.24) is 4.98 Å². The predicted octanol–water partition coefficient (Wildman–Crippen LogP) is 2.19. The molecule has 1 heterocycles. The molecule has 0 bridgehead atoms. The Kier molecular flexibility index (Phi) is 3.09. The average molecular weight is 220 g/mol. The second kappa shape index (κ2) is 4.13. The van der Waals surface area contributed by atoms with Gasteiger partial charge < -0.3 is 4.74 Å². The number of nitriles is 1. The summed E-state index contributed by atoms with van der Waals surface area (Å²) in [5.74, 6) is -0.627. The Morgan fingerprint density at radius 3 is 2.67 bits per heavy atom. The molecule has 0 N–H and O–H groups in total. The van der Waals surface area contributed by atoms with E-state index in [1.807, 2.05) is 0 Å². The number of pyridine rings is 1. The van der Waals surface area contributed by atoms with Gasteiger partial charge in [-0.25, -0.2) is 0 Å². The third-order valence-electron chi connectivity index (χ3n) is 1.40. The topological polar surface area (TPSA) is 45.9 Å². The molecule has 0 atom stereocenters. The summed E-state index contributed by atoms with van der Waals surface area (Å²) in [6.07, 6.45) is -6.58. The van der Waals surface area contributed by atoms with Gasteiger partial charge in [0.1, 0.15) is 17.4 Å². The zero-order chi connectivity index (χ0) is 11.5. The molecule has 1 aromatic rings. The monoisotopic (exact) mass is 220 g/mol. The number of nitrogens with zero attached hydrogens (tertiary/aromatic N) is 2. The summed E-state index contributed by atoms with van der Waals surface area (Å²) in [6, 6.07) is 2.40. The molecule has 80 valence electrons. The number of aromatic nitrogens is 1. The van der Waals surface area contributed by atoms with Crippen LogP contribution in [0.15, 0.2) is 18.5 Å². The SMILES string of the molecule is N#Cc1cnccc1OC(F)(F)C(F)F. The van der Waals surface area contributed by atoms with Crippen LogP contribution in [0.2, 0.25) is 0 Å². The third kappa shape index (κ3) is 2.56. The maximum atomic E-state index is 12.4. The molecule has 0 spiro atoms. The van der Waals surface area contributed by atoms with Gasteiger partial charge in [-0.05, 0) is 0 Å². The minimum atomic E-state index is -4.62. The van der Waals surface area contributed by atoms with Gasteiger partial charge in [-0.15, -0.1) is 0 Å². The number of hydrogen-bond acceptors (Lipinski definition) is 3. The minimum Gasteiger partial charge on any atom is -0.427 e. The van der Waals surface area contributed by atoms with Crippen molar-refractivity contribution in [3.05, 3.63) is 24.0 Å². The Bertz CT molecular complexity index is 388. The van der Waals surface area contributed by atoms with Gasteiger partial charge in [-0.3, -0.25) is 4.98 Å². The maximum absolute atomic E-state index is 12.4. The van der Waals surface area contributed by atoms with Gasteiger partial charge in [0.2, 0.25) is 0 Å². The molecular formula is C8H4F4N2O. The van der Waals surface area contributed by atoms with Crippen LogP contribution < -0.4 is 4.74 Å². The van der Waals surface area contributed by atoms with Crippen molar-refractivity contribution < 1.29 is 22.3 Å². The molecule has 3 nitrogen and oxygen atoms in total. The van der Waals surface area contributed by atoms with Gasteiger partial charge in [0.15, 0.2) is 0 Å². The quantitative estimate of drug-likeness (QED) is 0.733. The van der Waals surface area contributed by atoms with Crippen LogP contribution in [0.25, 0.3) is 0 Å². The molecule has 0 aliphatic carbocycles. The van der Waals surface area contributed by atoms with Crippen molar-refractivity contribution in [1.29, 1.82) is 5.26 Å². The Balaban J connectivity index is 2.95. The molecular weight excluding hydrogens is 216 g/mol. The lowest BCUT2D eigenvalue weighted by molar-refractivity contribution is -0.253. The van der Waals surface area contributed by atoms with Crippen LogP contribution in [-0.2, 0) is 0 Å². The van der Waals surface area contributed by atoms with Crippen molar-refractivity contribution >= 4 is 0 Å². The summed E-state index contributed by atoms with van der Waals surface area (Å²) in [4.78, 5) is 3.46. The van der Waals surface area contributed by atoms with Gasteiger partial charge >= 0.3 is 12.5 Å². The lowest BCUT2D eigenvalue weighted by Crippen LogP contribution is -2.33. The van der Waals surface area contributed by atoms with Gasteiger partial charge in [-0.2, -0.15) is 22.8 Å². The Hall–Kier alpha value is -1.84. The molecule has 0 fully saturated rings. The lowest BCUT2D eigenvalue weighted by Gasteiger charge is -2.16. The summed E-state index contributed by atoms with van der Waals surface area (Å²) < 4.78 is 52.2.